The smallest absolute Gasteiger partial charge is 0.138 e. The molecule has 0 spiro atoms. The molecule has 2 rings (SSSR count). The Morgan fingerprint density at radius 1 is 1.24 bits per heavy atom. The Hall–Kier alpha value is -1.03. The van der Waals surface area contributed by atoms with Crippen molar-refractivity contribution < 1.29 is 4.74 Å². The standard InChI is InChI=1S/C17H22ClNOS/c1-4-7-19-10-15-9-14(13(3)21-15)11-20-17-6-5-12(2)8-16(17)18/h5-6,8-9,19H,4,7,10-11H2,1-3H3. The van der Waals surface area contributed by atoms with E-state index in [1.165, 1.54) is 15.3 Å². The Morgan fingerprint density at radius 3 is 2.76 bits per heavy atom. The number of rotatable bonds is 7. The molecule has 0 amide bonds. The molecular formula is C17H22ClNOS. The summed E-state index contributed by atoms with van der Waals surface area (Å²) in [5, 5.41) is 4.10. The maximum atomic E-state index is 6.19. The van der Waals surface area contributed by atoms with Gasteiger partial charge in [-0.05, 0) is 50.6 Å². The fourth-order valence-electron chi connectivity index (χ4n) is 2.08. The zero-order chi connectivity index (χ0) is 15.2. The van der Waals surface area contributed by atoms with E-state index in [1.807, 2.05) is 36.5 Å². The van der Waals surface area contributed by atoms with Gasteiger partial charge in [0, 0.05) is 21.9 Å². The lowest BCUT2D eigenvalue weighted by molar-refractivity contribution is 0.306. The molecule has 0 bridgehead atoms. The lowest BCUT2D eigenvalue weighted by Gasteiger charge is -2.08. The molecule has 0 aliphatic rings. The van der Waals surface area contributed by atoms with Gasteiger partial charge in [0.2, 0.25) is 0 Å². The van der Waals surface area contributed by atoms with Crippen molar-refractivity contribution in [2.24, 2.45) is 0 Å². The zero-order valence-electron chi connectivity index (χ0n) is 12.8. The number of nitrogens with one attached hydrogen (secondary N) is 1. The minimum atomic E-state index is 0.568. The molecule has 2 aromatic rings. The first kappa shape index (κ1) is 16.3. The summed E-state index contributed by atoms with van der Waals surface area (Å²) in [6.45, 7) is 8.90. The van der Waals surface area contributed by atoms with Gasteiger partial charge in [0.05, 0.1) is 5.02 Å². The topological polar surface area (TPSA) is 21.3 Å². The number of thiophene rings is 1. The highest BCUT2D eigenvalue weighted by Gasteiger charge is 2.08. The Morgan fingerprint density at radius 2 is 2.05 bits per heavy atom. The Bertz CT molecular complexity index is 594. The predicted octanol–water partition coefficient (Wildman–Crippen LogP) is 5.10. The maximum Gasteiger partial charge on any atom is 0.138 e. The van der Waals surface area contributed by atoms with Gasteiger partial charge in [-0.15, -0.1) is 11.3 Å². The Kier molecular flexibility index (Phi) is 6.09. The summed E-state index contributed by atoms with van der Waals surface area (Å²) in [5.41, 5.74) is 2.38. The second-order valence-electron chi connectivity index (χ2n) is 5.19. The van der Waals surface area contributed by atoms with Crippen LogP contribution >= 0.6 is 22.9 Å². The normalized spacial score (nSPS) is 10.9. The van der Waals surface area contributed by atoms with Crippen molar-refractivity contribution in [3.63, 3.8) is 0 Å². The van der Waals surface area contributed by atoms with Crippen LogP contribution in [0.1, 0.15) is 34.2 Å². The van der Waals surface area contributed by atoms with Crippen molar-refractivity contribution >= 4 is 22.9 Å². The fraction of sp³-hybridized carbons (Fsp3) is 0.412. The van der Waals surface area contributed by atoms with Crippen LogP contribution in [0, 0.1) is 13.8 Å². The summed E-state index contributed by atoms with van der Waals surface area (Å²) in [4.78, 5) is 2.67. The summed E-state index contributed by atoms with van der Waals surface area (Å²) in [7, 11) is 0. The minimum Gasteiger partial charge on any atom is -0.487 e. The number of benzene rings is 1. The molecule has 1 aromatic carbocycles. The van der Waals surface area contributed by atoms with Gasteiger partial charge in [-0.3, -0.25) is 0 Å². The van der Waals surface area contributed by atoms with Crippen molar-refractivity contribution in [1.82, 2.24) is 5.32 Å². The first-order chi connectivity index (χ1) is 10.1. The van der Waals surface area contributed by atoms with E-state index in [-0.39, 0.29) is 0 Å². The summed E-state index contributed by atoms with van der Waals surface area (Å²) in [6, 6.07) is 8.10. The van der Waals surface area contributed by atoms with Crippen molar-refractivity contribution in [1.29, 1.82) is 0 Å². The molecule has 1 heterocycles. The van der Waals surface area contributed by atoms with Crippen LogP contribution in [0.5, 0.6) is 5.75 Å². The monoisotopic (exact) mass is 323 g/mol. The van der Waals surface area contributed by atoms with Gasteiger partial charge in [0.1, 0.15) is 12.4 Å². The van der Waals surface area contributed by atoms with E-state index < -0.39 is 0 Å². The second-order valence-corrected chi connectivity index (χ2v) is 6.94. The third-order valence-corrected chi connectivity index (χ3v) is 4.66. The maximum absolute atomic E-state index is 6.19. The molecule has 0 aliphatic carbocycles. The van der Waals surface area contributed by atoms with E-state index in [4.69, 9.17) is 16.3 Å². The van der Waals surface area contributed by atoms with E-state index in [9.17, 15) is 0 Å². The lowest BCUT2D eigenvalue weighted by Crippen LogP contribution is -2.12. The molecule has 0 unspecified atom stereocenters. The number of hydrogen-bond acceptors (Lipinski definition) is 3. The van der Waals surface area contributed by atoms with E-state index in [0.717, 1.165) is 30.8 Å². The van der Waals surface area contributed by atoms with Crippen LogP contribution in [-0.4, -0.2) is 6.54 Å². The highest BCUT2D eigenvalue weighted by Crippen LogP contribution is 2.28. The molecule has 0 saturated heterocycles. The first-order valence-electron chi connectivity index (χ1n) is 7.28. The molecular weight excluding hydrogens is 302 g/mol. The third-order valence-electron chi connectivity index (χ3n) is 3.27. The molecule has 4 heteroatoms. The van der Waals surface area contributed by atoms with Crippen LogP contribution in [-0.2, 0) is 13.2 Å². The van der Waals surface area contributed by atoms with Gasteiger partial charge in [-0.2, -0.15) is 0 Å². The SMILES string of the molecule is CCCNCc1cc(COc2ccc(C)cc2Cl)c(C)s1. The van der Waals surface area contributed by atoms with E-state index in [0.29, 0.717) is 11.6 Å². The summed E-state index contributed by atoms with van der Waals surface area (Å²) in [5.74, 6) is 0.749. The van der Waals surface area contributed by atoms with Gasteiger partial charge >= 0.3 is 0 Å². The average Bonchev–Trinajstić information content (AvgIpc) is 2.79. The molecule has 0 fully saturated rings. The van der Waals surface area contributed by atoms with Crippen molar-refractivity contribution in [2.45, 2.75) is 40.3 Å². The van der Waals surface area contributed by atoms with Gasteiger partial charge in [-0.25, -0.2) is 0 Å². The van der Waals surface area contributed by atoms with Crippen LogP contribution in [0.25, 0.3) is 0 Å². The van der Waals surface area contributed by atoms with Crippen molar-refractivity contribution in [3.05, 3.63) is 50.2 Å². The zero-order valence-corrected chi connectivity index (χ0v) is 14.4. The van der Waals surface area contributed by atoms with Gasteiger partial charge in [-0.1, -0.05) is 24.6 Å². The summed E-state index contributed by atoms with van der Waals surface area (Å²) in [6.07, 6.45) is 1.16. The van der Waals surface area contributed by atoms with Crippen LogP contribution in [0.15, 0.2) is 24.3 Å². The van der Waals surface area contributed by atoms with Gasteiger partial charge in [0.25, 0.3) is 0 Å². The number of ether oxygens (including phenoxy) is 1. The molecule has 21 heavy (non-hydrogen) atoms. The molecule has 0 atom stereocenters. The molecule has 0 aliphatic heterocycles. The lowest BCUT2D eigenvalue weighted by atomic mass is 10.2. The number of halogens is 1. The quantitative estimate of drug-likeness (QED) is 0.716. The summed E-state index contributed by atoms with van der Waals surface area (Å²) < 4.78 is 5.85. The molecule has 0 saturated carbocycles. The highest BCUT2D eigenvalue weighted by molar-refractivity contribution is 7.12. The van der Waals surface area contributed by atoms with Gasteiger partial charge < -0.3 is 10.1 Å². The highest BCUT2D eigenvalue weighted by atomic mass is 35.5. The largest absolute Gasteiger partial charge is 0.487 e. The molecule has 1 aromatic heterocycles. The van der Waals surface area contributed by atoms with E-state index >= 15 is 0 Å². The minimum absolute atomic E-state index is 0.568. The van der Waals surface area contributed by atoms with Crippen LogP contribution < -0.4 is 10.1 Å². The molecule has 0 radical (unpaired) electrons. The molecule has 2 nitrogen and oxygen atoms in total. The summed E-state index contributed by atoms with van der Waals surface area (Å²) >= 11 is 8.02. The van der Waals surface area contributed by atoms with E-state index in [2.05, 4.69) is 25.2 Å². The Balaban J connectivity index is 1.96. The van der Waals surface area contributed by atoms with Crippen molar-refractivity contribution in [3.8, 4) is 5.75 Å². The van der Waals surface area contributed by atoms with Crippen LogP contribution in [0.3, 0.4) is 0 Å². The first-order valence-corrected chi connectivity index (χ1v) is 8.47. The van der Waals surface area contributed by atoms with E-state index in [1.54, 1.807) is 0 Å². The second kappa shape index (κ2) is 7.83. The Labute approximate surface area is 136 Å². The fourth-order valence-corrected chi connectivity index (χ4v) is 3.39. The van der Waals surface area contributed by atoms with Crippen LogP contribution in [0.2, 0.25) is 5.02 Å². The van der Waals surface area contributed by atoms with Gasteiger partial charge in [0.15, 0.2) is 0 Å². The van der Waals surface area contributed by atoms with Crippen LogP contribution in [0.4, 0.5) is 0 Å². The predicted molar refractivity (Wildman–Crippen MR) is 91.6 cm³/mol. The number of aryl methyl sites for hydroxylation is 2. The molecule has 114 valence electrons. The average molecular weight is 324 g/mol. The number of hydrogen-bond donors (Lipinski definition) is 1. The third kappa shape index (κ3) is 4.73. The van der Waals surface area contributed by atoms with Crippen molar-refractivity contribution in [2.75, 3.05) is 6.54 Å². The molecule has 1 N–H and O–H groups in total.